The lowest BCUT2D eigenvalue weighted by atomic mass is 9.65. The molecule has 2 aliphatic rings. The highest BCUT2D eigenvalue weighted by molar-refractivity contribution is 14.0. The summed E-state index contributed by atoms with van der Waals surface area (Å²) >= 11 is 0. The Hall–Kier alpha value is -0.780. The van der Waals surface area contributed by atoms with Gasteiger partial charge in [-0.3, -0.25) is 4.99 Å². The van der Waals surface area contributed by atoms with Crippen molar-refractivity contribution in [3.8, 4) is 0 Å². The van der Waals surface area contributed by atoms with Gasteiger partial charge in [0.25, 0.3) is 0 Å². The highest BCUT2D eigenvalue weighted by Crippen LogP contribution is 2.57. The number of halogens is 1. The molecule has 0 amide bonds. The summed E-state index contributed by atoms with van der Waals surface area (Å²) in [5.74, 6) is 1.49. The van der Waals surface area contributed by atoms with Gasteiger partial charge in [-0.1, -0.05) is 25.5 Å². The average molecular weight is 399 g/mol. The number of hydrogen-bond donors (Lipinski definition) is 2. The van der Waals surface area contributed by atoms with Crippen LogP contribution in [0.1, 0.15) is 44.6 Å². The fourth-order valence-electron chi connectivity index (χ4n) is 3.32. The molecule has 3 nitrogen and oxygen atoms in total. The Balaban J connectivity index is 0.00000161. The Morgan fingerprint density at radius 2 is 2.14 bits per heavy atom. The Labute approximate surface area is 144 Å². The van der Waals surface area contributed by atoms with Gasteiger partial charge in [0.05, 0.1) is 0 Å². The molecule has 4 heteroatoms. The SMILES string of the molecule is CCc1cccc(NC(N)=NCC2(C3CC3)CCC2)c1.I. The Morgan fingerprint density at radius 3 is 2.71 bits per heavy atom. The van der Waals surface area contributed by atoms with E-state index in [1.165, 1.54) is 37.7 Å². The quantitative estimate of drug-likeness (QED) is 0.444. The van der Waals surface area contributed by atoms with Gasteiger partial charge in [-0.2, -0.15) is 0 Å². The van der Waals surface area contributed by atoms with Gasteiger partial charge < -0.3 is 11.1 Å². The number of nitrogens with two attached hydrogens (primary N) is 1. The summed E-state index contributed by atoms with van der Waals surface area (Å²) in [6.45, 7) is 3.07. The first-order chi connectivity index (χ1) is 9.72. The summed E-state index contributed by atoms with van der Waals surface area (Å²) < 4.78 is 0. The molecule has 21 heavy (non-hydrogen) atoms. The van der Waals surface area contributed by atoms with E-state index < -0.39 is 0 Å². The Bertz CT molecular complexity index is 505. The summed E-state index contributed by atoms with van der Waals surface area (Å²) in [6, 6.07) is 8.38. The van der Waals surface area contributed by atoms with E-state index >= 15 is 0 Å². The third-order valence-corrected chi connectivity index (χ3v) is 4.96. The predicted molar refractivity (Wildman–Crippen MR) is 100 cm³/mol. The molecule has 0 aliphatic heterocycles. The maximum atomic E-state index is 6.04. The van der Waals surface area contributed by atoms with Crippen molar-refractivity contribution < 1.29 is 0 Å². The maximum Gasteiger partial charge on any atom is 0.193 e. The lowest BCUT2D eigenvalue weighted by Crippen LogP contribution is -2.36. The number of hydrogen-bond acceptors (Lipinski definition) is 1. The van der Waals surface area contributed by atoms with E-state index in [1.54, 1.807) is 0 Å². The number of benzene rings is 1. The number of nitrogens with zero attached hydrogens (tertiary/aromatic N) is 1. The molecule has 0 aromatic heterocycles. The minimum absolute atomic E-state index is 0. The molecule has 2 fully saturated rings. The standard InChI is InChI=1S/C17H25N3.HI/c1-2-13-5-3-6-15(11-13)20-16(18)19-12-17(9-4-10-17)14-7-8-14;/h3,5-6,11,14H,2,4,7-10,12H2,1H3,(H3,18,19,20);1H. The summed E-state index contributed by atoms with van der Waals surface area (Å²) in [4.78, 5) is 4.61. The minimum atomic E-state index is 0. The van der Waals surface area contributed by atoms with E-state index in [9.17, 15) is 0 Å². The lowest BCUT2D eigenvalue weighted by molar-refractivity contribution is 0.113. The van der Waals surface area contributed by atoms with Gasteiger partial charge in [0.2, 0.25) is 0 Å². The fraction of sp³-hybridized carbons (Fsp3) is 0.588. The predicted octanol–water partition coefficient (Wildman–Crippen LogP) is 4.17. The third kappa shape index (κ3) is 3.90. The zero-order valence-corrected chi connectivity index (χ0v) is 15.1. The van der Waals surface area contributed by atoms with E-state index in [0.717, 1.165) is 24.6 Å². The Morgan fingerprint density at radius 1 is 1.38 bits per heavy atom. The van der Waals surface area contributed by atoms with Crippen LogP contribution < -0.4 is 11.1 Å². The van der Waals surface area contributed by atoms with Crippen LogP contribution in [-0.2, 0) is 6.42 Å². The van der Waals surface area contributed by atoms with E-state index in [2.05, 4.69) is 35.4 Å². The molecule has 0 spiro atoms. The molecule has 2 aliphatic carbocycles. The number of anilines is 1. The number of aryl methyl sites for hydroxylation is 1. The van der Waals surface area contributed by atoms with Crippen LogP contribution in [0.25, 0.3) is 0 Å². The maximum absolute atomic E-state index is 6.04. The van der Waals surface area contributed by atoms with Gasteiger partial charge in [-0.05, 0) is 61.1 Å². The first kappa shape index (κ1) is 16.6. The molecule has 0 heterocycles. The third-order valence-electron chi connectivity index (χ3n) is 4.96. The summed E-state index contributed by atoms with van der Waals surface area (Å²) in [5, 5.41) is 3.22. The van der Waals surface area contributed by atoms with Crippen LogP contribution in [0.5, 0.6) is 0 Å². The summed E-state index contributed by atoms with van der Waals surface area (Å²) in [5.41, 5.74) is 8.90. The number of guanidine groups is 1. The minimum Gasteiger partial charge on any atom is -0.370 e. The zero-order chi connectivity index (χ0) is 14.0. The summed E-state index contributed by atoms with van der Waals surface area (Å²) in [7, 11) is 0. The second kappa shape index (κ2) is 6.99. The number of nitrogens with one attached hydrogen (secondary N) is 1. The first-order valence-corrected chi connectivity index (χ1v) is 7.88. The van der Waals surface area contributed by atoms with Crippen molar-refractivity contribution in [2.24, 2.45) is 22.1 Å². The first-order valence-electron chi connectivity index (χ1n) is 7.88. The fourth-order valence-corrected chi connectivity index (χ4v) is 3.32. The van der Waals surface area contributed by atoms with Crippen molar-refractivity contribution in [3.63, 3.8) is 0 Å². The van der Waals surface area contributed by atoms with E-state index in [4.69, 9.17) is 5.73 Å². The van der Waals surface area contributed by atoms with Crippen molar-refractivity contribution in [3.05, 3.63) is 29.8 Å². The van der Waals surface area contributed by atoms with Crippen LogP contribution in [0.3, 0.4) is 0 Å². The normalized spacial score (nSPS) is 20.3. The number of rotatable bonds is 5. The van der Waals surface area contributed by atoms with E-state index in [1.807, 2.05) is 6.07 Å². The zero-order valence-electron chi connectivity index (χ0n) is 12.8. The Kier molecular flexibility index (Phi) is 5.52. The molecular weight excluding hydrogens is 373 g/mol. The van der Waals surface area contributed by atoms with Crippen LogP contribution in [-0.4, -0.2) is 12.5 Å². The van der Waals surface area contributed by atoms with Gasteiger partial charge in [0.1, 0.15) is 0 Å². The van der Waals surface area contributed by atoms with Crippen molar-refractivity contribution in [2.45, 2.75) is 45.4 Å². The van der Waals surface area contributed by atoms with Crippen LogP contribution in [0.15, 0.2) is 29.3 Å². The highest BCUT2D eigenvalue weighted by atomic mass is 127. The average Bonchev–Trinajstić information content (AvgIpc) is 3.22. The molecule has 0 bridgehead atoms. The van der Waals surface area contributed by atoms with Crippen molar-refractivity contribution in [1.29, 1.82) is 0 Å². The van der Waals surface area contributed by atoms with Gasteiger partial charge in [0.15, 0.2) is 5.96 Å². The largest absolute Gasteiger partial charge is 0.370 e. The molecule has 0 atom stereocenters. The second-order valence-corrected chi connectivity index (χ2v) is 6.37. The van der Waals surface area contributed by atoms with Gasteiger partial charge in [-0.25, -0.2) is 0 Å². The van der Waals surface area contributed by atoms with Gasteiger partial charge in [0, 0.05) is 12.2 Å². The topological polar surface area (TPSA) is 50.4 Å². The van der Waals surface area contributed by atoms with Crippen LogP contribution >= 0.6 is 24.0 Å². The molecule has 1 aromatic rings. The molecule has 3 N–H and O–H groups in total. The van der Waals surface area contributed by atoms with Crippen molar-refractivity contribution >= 4 is 35.6 Å². The van der Waals surface area contributed by atoms with Crippen LogP contribution in [0.2, 0.25) is 0 Å². The van der Waals surface area contributed by atoms with Gasteiger partial charge >= 0.3 is 0 Å². The smallest absolute Gasteiger partial charge is 0.193 e. The molecule has 116 valence electrons. The molecule has 0 saturated heterocycles. The summed E-state index contributed by atoms with van der Waals surface area (Å²) in [6.07, 6.45) is 7.91. The monoisotopic (exact) mass is 399 g/mol. The lowest BCUT2D eigenvalue weighted by Gasteiger charge is -2.41. The molecule has 3 rings (SSSR count). The van der Waals surface area contributed by atoms with Crippen molar-refractivity contribution in [2.75, 3.05) is 11.9 Å². The van der Waals surface area contributed by atoms with Gasteiger partial charge in [-0.15, -0.1) is 24.0 Å². The number of aliphatic imine (C=N–C) groups is 1. The van der Waals surface area contributed by atoms with Crippen LogP contribution in [0, 0.1) is 11.3 Å². The molecule has 2 saturated carbocycles. The molecule has 0 unspecified atom stereocenters. The highest BCUT2D eigenvalue weighted by Gasteiger charge is 2.48. The molecular formula is C17H26IN3. The van der Waals surface area contributed by atoms with E-state index in [0.29, 0.717) is 11.4 Å². The second-order valence-electron chi connectivity index (χ2n) is 6.37. The molecule has 1 aromatic carbocycles. The van der Waals surface area contributed by atoms with E-state index in [-0.39, 0.29) is 24.0 Å². The van der Waals surface area contributed by atoms with Crippen LogP contribution in [0.4, 0.5) is 5.69 Å². The molecule has 0 radical (unpaired) electrons. The van der Waals surface area contributed by atoms with Crippen molar-refractivity contribution in [1.82, 2.24) is 0 Å².